The molecule has 0 heterocycles. The number of unbranched alkanes of at least 4 members (excludes halogenated alkanes) is 1. The third kappa shape index (κ3) is 3.74. The van der Waals surface area contributed by atoms with Crippen molar-refractivity contribution in [1.82, 2.24) is 0 Å². The number of hydrogen-bond donors (Lipinski definition) is 0. The van der Waals surface area contributed by atoms with E-state index in [0.717, 1.165) is 29.6 Å². The molecule has 144 valence electrons. The Labute approximate surface area is 158 Å². The fraction of sp³-hybridized carbons (Fsp3) is 0.920. The Morgan fingerprint density at radius 2 is 1.84 bits per heavy atom. The van der Waals surface area contributed by atoms with Crippen LogP contribution in [0, 0.1) is 40.4 Å². The Bertz CT molecular complexity index is 461. The van der Waals surface area contributed by atoms with Crippen LogP contribution in [0.5, 0.6) is 0 Å². The summed E-state index contributed by atoms with van der Waals surface area (Å²) in [7, 11) is 0. The lowest BCUT2D eigenvalue weighted by Gasteiger charge is -2.55. The second kappa shape index (κ2) is 7.77. The van der Waals surface area contributed by atoms with Crippen LogP contribution >= 0.6 is 0 Å². The van der Waals surface area contributed by atoms with E-state index in [1.54, 1.807) is 0 Å². The second-order valence-corrected chi connectivity index (χ2v) is 10.8. The summed E-state index contributed by atoms with van der Waals surface area (Å²) in [5.74, 6) is 4.88. The minimum Gasteiger partial charge on any atom is -0.0877 e. The SMILES string of the molecule is CCC[C@@]1(C)C=CCC2C3CC[C@H](CCCCC(C)C)[C@@]3(C)CCC21. The molecule has 0 N–H and O–H groups in total. The molecule has 2 saturated carbocycles. The van der Waals surface area contributed by atoms with Crippen molar-refractivity contribution in [2.24, 2.45) is 40.4 Å². The van der Waals surface area contributed by atoms with E-state index in [0.29, 0.717) is 10.8 Å². The molecule has 0 nitrogen and oxygen atoms in total. The highest BCUT2D eigenvalue weighted by molar-refractivity contribution is 5.14. The van der Waals surface area contributed by atoms with Crippen molar-refractivity contribution in [3.8, 4) is 0 Å². The van der Waals surface area contributed by atoms with Crippen LogP contribution in [0.4, 0.5) is 0 Å². The molecule has 0 amide bonds. The van der Waals surface area contributed by atoms with Crippen molar-refractivity contribution in [1.29, 1.82) is 0 Å². The summed E-state index contributed by atoms with van der Waals surface area (Å²) < 4.78 is 0. The summed E-state index contributed by atoms with van der Waals surface area (Å²) in [6.07, 6.45) is 21.2. The number of rotatable bonds is 7. The highest BCUT2D eigenvalue weighted by Gasteiger charge is 2.56. The molecule has 25 heavy (non-hydrogen) atoms. The predicted molar refractivity (Wildman–Crippen MR) is 111 cm³/mol. The van der Waals surface area contributed by atoms with E-state index in [2.05, 4.69) is 46.8 Å². The third-order valence-electron chi connectivity index (χ3n) is 8.76. The summed E-state index contributed by atoms with van der Waals surface area (Å²) >= 11 is 0. The van der Waals surface area contributed by atoms with Crippen LogP contribution in [0.15, 0.2) is 12.2 Å². The maximum Gasteiger partial charge on any atom is -0.0116 e. The molecule has 0 spiro atoms. The third-order valence-corrected chi connectivity index (χ3v) is 8.76. The Morgan fingerprint density at radius 3 is 2.56 bits per heavy atom. The van der Waals surface area contributed by atoms with Crippen LogP contribution in [0.1, 0.15) is 105 Å². The number of allylic oxidation sites excluding steroid dienone is 2. The highest BCUT2D eigenvalue weighted by Crippen LogP contribution is 2.64. The molecule has 0 aliphatic heterocycles. The summed E-state index contributed by atoms with van der Waals surface area (Å²) in [4.78, 5) is 0. The molecule has 6 atom stereocenters. The van der Waals surface area contributed by atoms with Crippen molar-refractivity contribution < 1.29 is 0 Å². The van der Waals surface area contributed by atoms with E-state index in [4.69, 9.17) is 0 Å². The minimum atomic E-state index is 0.494. The monoisotopic (exact) mass is 344 g/mol. The standard InChI is InChI=1S/C25H44/c1-6-16-24(4)17-9-12-21-22(24)15-18-25(5)20(13-14-23(21)25)11-8-7-10-19(2)3/h9,17,19-23H,6-8,10-16,18H2,1-5H3/t20-,21?,22?,23?,24-,25+/m0/s1. The molecule has 2 fully saturated rings. The van der Waals surface area contributed by atoms with Gasteiger partial charge in [0, 0.05) is 0 Å². The van der Waals surface area contributed by atoms with Gasteiger partial charge in [-0.3, -0.25) is 0 Å². The normalized spacial score (nSPS) is 43.3. The molecule has 0 heteroatoms. The molecule has 0 saturated heterocycles. The largest absolute Gasteiger partial charge is 0.0877 e. The molecule has 0 aromatic carbocycles. The van der Waals surface area contributed by atoms with Gasteiger partial charge < -0.3 is 0 Å². The van der Waals surface area contributed by atoms with E-state index in [9.17, 15) is 0 Å². The second-order valence-electron chi connectivity index (χ2n) is 10.8. The number of hydrogen-bond acceptors (Lipinski definition) is 0. The van der Waals surface area contributed by atoms with Crippen molar-refractivity contribution >= 4 is 0 Å². The maximum absolute atomic E-state index is 2.70. The zero-order chi connectivity index (χ0) is 18.1. The Morgan fingerprint density at radius 1 is 1.04 bits per heavy atom. The van der Waals surface area contributed by atoms with Crippen molar-refractivity contribution in [2.75, 3.05) is 0 Å². The van der Waals surface area contributed by atoms with E-state index in [-0.39, 0.29) is 0 Å². The van der Waals surface area contributed by atoms with Crippen LogP contribution < -0.4 is 0 Å². The van der Waals surface area contributed by atoms with E-state index >= 15 is 0 Å². The topological polar surface area (TPSA) is 0 Å². The van der Waals surface area contributed by atoms with Gasteiger partial charge in [-0.2, -0.15) is 0 Å². The first kappa shape index (κ1) is 19.5. The average Bonchev–Trinajstić information content (AvgIpc) is 2.89. The van der Waals surface area contributed by atoms with Gasteiger partial charge in [-0.25, -0.2) is 0 Å². The summed E-state index contributed by atoms with van der Waals surface area (Å²) in [6.45, 7) is 12.4. The van der Waals surface area contributed by atoms with Gasteiger partial charge in [0.25, 0.3) is 0 Å². The summed E-state index contributed by atoms with van der Waals surface area (Å²) in [5.41, 5.74) is 1.16. The molecular weight excluding hydrogens is 300 g/mol. The fourth-order valence-electron chi connectivity index (χ4n) is 7.39. The Hall–Kier alpha value is -0.260. The zero-order valence-electron chi connectivity index (χ0n) is 17.8. The van der Waals surface area contributed by atoms with E-state index in [1.165, 1.54) is 70.6 Å². The van der Waals surface area contributed by atoms with Crippen LogP contribution in [0.25, 0.3) is 0 Å². The van der Waals surface area contributed by atoms with Crippen LogP contribution in [0.3, 0.4) is 0 Å². The molecule has 3 rings (SSSR count). The number of fused-ring (bicyclic) bond motifs is 3. The lowest BCUT2D eigenvalue weighted by molar-refractivity contribution is -0.0336. The quantitative estimate of drug-likeness (QED) is 0.324. The average molecular weight is 345 g/mol. The maximum atomic E-state index is 2.70. The molecule has 0 aromatic rings. The predicted octanol–water partition coefficient (Wildman–Crippen LogP) is 8.03. The van der Waals surface area contributed by atoms with Gasteiger partial charge in [0.15, 0.2) is 0 Å². The first-order chi connectivity index (χ1) is 11.9. The van der Waals surface area contributed by atoms with Crippen molar-refractivity contribution in [3.05, 3.63) is 12.2 Å². The Kier molecular flexibility index (Phi) is 6.06. The highest BCUT2D eigenvalue weighted by atomic mass is 14.6. The van der Waals surface area contributed by atoms with Gasteiger partial charge in [-0.1, -0.05) is 72.5 Å². The molecule has 3 aliphatic carbocycles. The van der Waals surface area contributed by atoms with Gasteiger partial charge in [0.05, 0.1) is 0 Å². The minimum absolute atomic E-state index is 0.494. The molecule has 3 aliphatic rings. The van der Waals surface area contributed by atoms with Gasteiger partial charge in [0.2, 0.25) is 0 Å². The van der Waals surface area contributed by atoms with Crippen LogP contribution in [-0.4, -0.2) is 0 Å². The first-order valence-electron chi connectivity index (χ1n) is 11.6. The van der Waals surface area contributed by atoms with Gasteiger partial charge in [-0.15, -0.1) is 0 Å². The summed E-state index contributed by atoms with van der Waals surface area (Å²) in [6, 6.07) is 0. The Balaban J connectivity index is 1.65. The molecule has 3 unspecified atom stereocenters. The van der Waals surface area contributed by atoms with Gasteiger partial charge >= 0.3 is 0 Å². The molecule has 0 radical (unpaired) electrons. The first-order valence-corrected chi connectivity index (χ1v) is 11.6. The lowest BCUT2D eigenvalue weighted by Crippen LogP contribution is -2.47. The van der Waals surface area contributed by atoms with Crippen LogP contribution in [-0.2, 0) is 0 Å². The van der Waals surface area contributed by atoms with Gasteiger partial charge in [-0.05, 0) is 85.4 Å². The van der Waals surface area contributed by atoms with E-state index in [1.807, 2.05) is 0 Å². The van der Waals surface area contributed by atoms with Crippen LogP contribution in [0.2, 0.25) is 0 Å². The van der Waals surface area contributed by atoms with Crippen molar-refractivity contribution in [3.63, 3.8) is 0 Å². The van der Waals surface area contributed by atoms with Crippen molar-refractivity contribution in [2.45, 2.75) is 105 Å². The lowest BCUT2D eigenvalue weighted by atomic mass is 9.50. The zero-order valence-corrected chi connectivity index (χ0v) is 17.8. The molecular formula is C25H44. The smallest absolute Gasteiger partial charge is 0.0116 e. The van der Waals surface area contributed by atoms with E-state index < -0.39 is 0 Å². The fourth-order valence-corrected chi connectivity index (χ4v) is 7.39. The molecule has 0 bridgehead atoms. The van der Waals surface area contributed by atoms with Gasteiger partial charge in [0.1, 0.15) is 0 Å². The summed E-state index contributed by atoms with van der Waals surface area (Å²) in [5, 5.41) is 0. The molecule has 0 aromatic heterocycles.